The maximum absolute atomic E-state index is 6.00. The lowest BCUT2D eigenvalue weighted by Gasteiger charge is -2.45. The number of alkyl halides is 1. The average molecular weight is 305 g/mol. The summed E-state index contributed by atoms with van der Waals surface area (Å²) < 4.78 is 2.40. The highest BCUT2D eigenvalue weighted by Crippen LogP contribution is 2.38. The van der Waals surface area contributed by atoms with Crippen molar-refractivity contribution < 1.29 is 0 Å². The maximum atomic E-state index is 6.00. The second-order valence-electron chi connectivity index (χ2n) is 6.34. The zero-order valence-electron chi connectivity index (χ0n) is 12.4. The first kappa shape index (κ1) is 13.5. The van der Waals surface area contributed by atoms with Crippen LogP contribution in [0.3, 0.4) is 0 Å². The summed E-state index contributed by atoms with van der Waals surface area (Å²) in [5.74, 6) is 2.49. The standard InChI is InChI=1S/C16H21ClN4/c1-11-2-3-13-16(18-11)21(15(19-13)4-7-17)14-10-20-8-5-12(14)6-9-20/h2-3,12,14H,4-10H2,1H3. The molecule has 2 bridgehead atoms. The SMILES string of the molecule is Cc1ccc2nc(CCCl)n(C3CN4CCC3CC4)c2n1. The average Bonchev–Trinajstić information content (AvgIpc) is 2.86. The van der Waals surface area contributed by atoms with Gasteiger partial charge in [-0.1, -0.05) is 0 Å². The van der Waals surface area contributed by atoms with Gasteiger partial charge >= 0.3 is 0 Å². The van der Waals surface area contributed by atoms with Crippen LogP contribution in [-0.4, -0.2) is 44.9 Å². The van der Waals surface area contributed by atoms with Gasteiger partial charge in [-0.2, -0.15) is 0 Å². The molecule has 0 aliphatic carbocycles. The van der Waals surface area contributed by atoms with Crippen LogP contribution in [0, 0.1) is 12.8 Å². The maximum Gasteiger partial charge on any atom is 0.160 e. The van der Waals surface area contributed by atoms with Gasteiger partial charge in [-0.15, -0.1) is 11.6 Å². The molecule has 5 heterocycles. The predicted octanol–water partition coefficient (Wildman–Crippen LogP) is 2.79. The lowest BCUT2D eigenvalue weighted by Crippen LogP contribution is -2.48. The molecule has 1 unspecified atom stereocenters. The van der Waals surface area contributed by atoms with Gasteiger partial charge in [0.1, 0.15) is 11.3 Å². The second kappa shape index (κ2) is 5.25. The summed E-state index contributed by atoms with van der Waals surface area (Å²) in [6.45, 7) is 5.70. The number of piperidine rings is 3. The summed E-state index contributed by atoms with van der Waals surface area (Å²) in [4.78, 5) is 12.2. The number of pyridine rings is 1. The van der Waals surface area contributed by atoms with Crippen molar-refractivity contribution in [1.82, 2.24) is 19.4 Å². The van der Waals surface area contributed by atoms with E-state index < -0.39 is 0 Å². The van der Waals surface area contributed by atoms with Crippen LogP contribution in [0.4, 0.5) is 0 Å². The zero-order valence-corrected chi connectivity index (χ0v) is 13.2. The Morgan fingerprint density at radius 1 is 1.24 bits per heavy atom. The van der Waals surface area contributed by atoms with E-state index in [4.69, 9.17) is 21.6 Å². The van der Waals surface area contributed by atoms with Crippen LogP contribution in [0.1, 0.15) is 30.4 Å². The minimum absolute atomic E-state index is 0.519. The molecule has 0 radical (unpaired) electrons. The third kappa shape index (κ3) is 2.25. The molecule has 5 heteroatoms. The monoisotopic (exact) mass is 304 g/mol. The lowest BCUT2D eigenvalue weighted by atomic mass is 9.84. The molecule has 112 valence electrons. The Morgan fingerprint density at radius 2 is 2.05 bits per heavy atom. The summed E-state index contributed by atoms with van der Waals surface area (Å²) in [5, 5.41) is 0. The Kier molecular flexibility index (Phi) is 3.38. The molecule has 3 aliphatic heterocycles. The van der Waals surface area contributed by atoms with Crippen molar-refractivity contribution in [3.05, 3.63) is 23.7 Å². The Hall–Kier alpha value is -1.13. The van der Waals surface area contributed by atoms with Gasteiger partial charge in [0.2, 0.25) is 0 Å². The number of halogens is 1. The van der Waals surface area contributed by atoms with Crippen molar-refractivity contribution in [3.8, 4) is 0 Å². The van der Waals surface area contributed by atoms with Gasteiger partial charge in [-0.3, -0.25) is 0 Å². The van der Waals surface area contributed by atoms with Gasteiger partial charge in [0.25, 0.3) is 0 Å². The molecule has 0 N–H and O–H groups in total. The Labute approximate surface area is 130 Å². The van der Waals surface area contributed by atoms with E-state index in [2.05, 4.69) is 22.5 Å². The fraction of sp³-hybridized carbons (Fsp3) is 0.625. The molecule has 0 spiro atoms. The highest BCUT2D eigenvalue weighted by Gasteiger charge is 2.37. The Balaban J connectivity index is 1.85. The van der Waals surface area contributed by atoms with Crippen LogP contribution >= 0.6 is 11.6 Å². The molecule has 3 saturated heterocycles. The van der Waals surface area contributed by atoms with E-state index in [1.54, 1.807) is 0 Å². The van der Waals surface area contributed by atoms with E-state index in [9.17, 15) is 0 Å². The smallest absolute Gasteiger partial charge is 0.160 e. The second-order valence-corrected chi connectivity index (χ2v) is 6.72. The van der Waals surface area contributed by atoms with Gasteiger partial charge in [-0.25, -0.2) is 9.97 Å². The van der Waals surface area contributed by atoms with Crippen LogP contribution in [0.2, 0.25) is 0 Å². The molecular formula is C16H21ClN4. The molecule has 21 heavy (non-hydrogen) atoms. The van der Waals surface area contributed by atoms with Crippen molar-refractivity contribution in [2.24, 2.45) is 5.92 Å². The van der Waals surface area contributed by atoms with Gasteiger partial charge in [0, 0.05) is 24.5 Å². The third-order valence-corrected chi connectivity index (χ3v) is 5.21. The van der Waals surface area contributed by atoms with Crippen molar-refractivity contribution in [1.29, 1.82) is 0 Å². The molecule has 0 aromatic carbocycles. The van der Waals surface area contributed by atoms with Crippen LogP contribution in [0.25, 0.3) is 11.2 Å². The normalized spacial score (nSPS) is 28.4. The van der Waals surface area contributed by atoms with Crippen LogP contribution < -0.4 is 0 Å². The van der Waals surface area contributed by atoms with E-state index in [0.717, 1.165) is 41.6 Å². The predicted molar refractivity (Wildman–Crippen MR) is 84.9 cm³/mol. The Morgan fingerprint density at radius 3 is 2.71 bits per heavy atom. The molecule has 0 amide bonds. The number of hydrogen-bond donors (Lipinski definition) is 0. The number of aromatic nitrogens is 3. The number of imidazole rings is 1. The van der Waals surface area contributed by atoms with Crippen LogP contribution in [0.15, 0.2) is 12.1 Å². The minimum Gasteiger partial charge on any atom is -0.308 e. The van der Waals surface area contributed by atoms with Crippen LogP contribution in [-0.2, 0) is 6.42 Å². The highest BCUT2D eigenvalue weighted by molar-refractivity contribution is 6.17. The van der Waals surface area contributed by atoms with E-state index in [1.165, 1.54) is 25.9 Å². The number of nitrogens with zero attached hydrogens (tertiary/aromatic N) is 4. The lowest BCUT2D eigenvalue weighted by molar-refractivity contribution is 0.0574. The first-order valence-electron chi connectivity index (χ1n) is 7.89. The quantitative estimate of drug-likeness (QED) is 0.818. The van der Waals surface area contributed by atoms with Gasteiger partial charge in [0.05, 0.1) is 6.04 Å². The van der Waals surface area contributed by atoms with Gasteiger partial charge in [-0.05, 0) is 50.9 Å². The van der Waals surface area contributed by atoms with E-state index in [0.29, 0.717) is 11.9 Å². The summed E-state index contributed by atoms with van der Waals surface area (Å²) in [6, 6.07) is 4.65. The number of hydrogen-bond acceptors (Lipinski definition) is 3. The summed E-state index contributed by atoms with van der Waals surface area (Å²) in [6.07, 6.45) is 3.42. The fourth-order valence-corrected chi connectivity index (χ4v) is 4.12. The van der Waals surface area contributed by atoms with Crippen molar-refractivity contribution in [2.45, 2.75) is 32.2 Å². The summed E-state index contributed by atoms with van der Waals surface area (Å²) >= 11 is 6.00. The molecule has 3 aliphatic rings. The molecule has 1 atom stereocenters. The molecule has 3 fully saturated rings. The largest absolute Gasteiger partial charge is 0.308 e. The van der Waals surface area contributed by atoms with Crippen molar-refractivity contribution >= 4 is 22.8 Å². The van der Waals surface area contributed by atoms with E-state index in [1.807, 2.05) is 6.07 Å². The van der Waals surface area contributed by atoms with Gasteiger partial charge < -0.3 is 9.47 Å². The summed E-state index contributed by atoms with van der Waals surface area (Å²) in [7, 11) is 0. The first-order valence-corrected chi connectivity index (χ1v) is 8.42. The molecule has 2 aromatic heterocycles. The third-order valence-electron chi connectivity index (χ3n) is 5.02. The van der Waals surface area contributed by atoms with E-state index in [-0.39, 0.29) is 0 Å². The topological polar surface area (TPSA) is 34.0 Å². The van der Waals surface area contributed by atoms with E-state index >= 15 is 0 Å². The molecule has 4 nitrogen and oxygen atoms in total. The van der Waals surface area contributed by atoms with Gasteiger partial charge in [0.15, 0.2) is 5.65 Å². The highest BCUT2D eigenvalue weighted by atomic mass is 35.5. The number of rotatable bonds is 3. The summed E-state index contributed by atoms with van der Waals surface area (Å²) in [5.41, 5.74) is 3.12. The zero-order chi connectivity index (χ0) is 14.4. The molecule has 5 rings (SSSR count). The fourth-order valence-electron chi connectivity index (χ4n) is 3.95. The van der Waals surface area contributed by atoms with Crippen molar-refractivity contribution in [2.75, 3.05) is 25.5 Å². The molecule has 0 saturated carbocycles. The Bertz CT molecular complexity index is 658. The van der Waals surface area contributed by atoms with Crippen LogP contribution in [0.5, 0.6) is 0 Å². The number of fused-ring (bicyclic) bond motifs is 4. The minimum atomic E-state index is 0.519. The molecular weight excluding hydrogens is 284 g/mol. The first-order chi connectivity index (χ1) is 10.3. The molecule has 2 aromatic rings. The van der Waals surface area contributed by atoms with Crippen molar-refractivity contribution in [3.63, 3.8) is 0 Å². The number of aryl methyl sites for hydroxylation is 2.